The molecule has 1 saturated heterocycles. The SMILES string of the molecule is CN(C)c1nccc(N2CCC[C@@H](N)C2)n1. The molecule has 0 radical (unpaired) electrons. The Morgan fingerprint density at radius 1 is 1.50 bits per heavy atom. The molecule has 1 aromatic rings. The van der Waals surface area contributed by atoms with E-state index in [9.17, 15) is 0 Å². The summed E-state index contributed by atoms with van der Waals surface area (Å²) in [4.78, 5) is 12.9. The first-order valence-corrected chi connectivity index (χ1v) is 5.67. The third kappa shape index (κ3) is 2.41. The molecule has 2 N–H and O–H groups in total. The summed E-state index contributed by atoms with van der Waals surface area (Å²) in [6.07, 6.45) is 4.06. The number of rotatable bonds is 2. The van der Waals surface area contributed by atoms with E-state index in [-0.39, 0.29) is 6.04 Å². The van der Waals surface area contributed by atoms with Crippen LogP contribution in [0.15, 0.2) is 12.3 Å². The minimum atomic E-state index is 0.270. The first-order chi connectivity index (χ1) is 7.66. The summed E-state index contributed by atoms with van der Waals surface area (Å²) in [5.41, 5.74) is 5.96. The fourth-order valence-electron chi connectivity index (χ4n) is 1.95. The number of nitrogens with two attached hydrogens (primary N) is 1. The fourth-order valence-corrected chi connectivity index (χ4v) is 1.95. The Morgan fingerprint density at radius 2 is 2.31 bits per heavy atom. The minimum Gasteiger partial charge on any atom is -0.355 e. The Hall–Kier alpha value is -1.36. The molecule has 1 aliphatic rings. The molecule has 1 aromatic heterocycles. The predicted molar refractivity (Wildman–Crippen MR) is 65.8 cm³/mol. The van der Waals surface area contributed by atoms with Crippen LogP contribution in [0.4, 0.5) is 11.8 Å². The lowest BCUT2D eigenvalue weighted by molar-refractivity contribution is 0.503. The summed E-state index contributed by atoms with van der Waals surface area (Å²) in [7, 11) is 3.89. The zero-order chi connectivity index (χ0) is 11.5. The lowest BCUT2D eigenvalue weighted by atomic mass is 10.1. The summed E-state index contributed by atoms with van der Waals surface area (Å²) in [5.74, 6) is 1.73. The topological polar surface area (TPSA) is 58.3 Å². The Balaban J connectivity index is 2.16. The summed E-state index contributed by atoms with van der Waals surface area (Å²) < 4.78 is 0. The van der Waals surface area contributed by atoms with Crippen LogP contribution in [0.25, 0.3) is 0 Å². The van der Waals surface area contributed by atoms with Crippen molar-refractivity contribution in [1.82, 2.24) is 9.97 Å². The van der Waals surface area contributed by atoms with Gasteiger partial charge in [0.25, 0.3) is 0 Å². The molecule has 1 atom stereocenters. The van der Waals surface area contributed by atoms with Gasteiger partial charge in [-0.15, -0.1) is 0 Å². The van der Waals surface area contributed by atoms with E-state index in [2.05, 4.69) is 14.9 Å². The van der Waals surface area contributed by atoms with Gasteiger partial charge in [0.15, 0.2) is 0 Å². The van der Waals surface area contributed by atoms with Crippen LogP contribution in [0.2, 0.25) is 0 Å². The highest BCUT2D eigenvalue weighted by molar-refractivity contribution is 5.43. The van der Waals surface area contributed by atoms with Crippen LogP contribution in [0.1, 0.15) is 12.8 Å². The third-order valence-corrected chi connectivity index (χ3v) is 2.81. The highest BCUT2D eigenvalue weighted by atomic mass is 15.3. The molecule has 0 bridgehead atoms. The van der Waals surface area contributed by atoms with E-state index in [0.29, 0.717) is 0 Å². The molecule has 2 heterocycles. The molecule has 0 aliphatic carbocycles. The Kier molecular flexibility index (Phi) is 3.24. The van der Waals surface area contributed by atoms with Gasteiger partial charge in [0.2, 0.25) is 5.95 Å². The van der Waals surface area contributed by atoms with E-state index in [4.69, 9.17) is 5.73 Å². The van der Waals surface area contributed by atoms with Crippen LogP contribution in [-0.4, -0.2) is 43.2 Å². The molecular formula is C11H19N5. The van der Waals surface area contributed by atoms with E-state index >= 15 is 0 Å². The van der Waals surface area contributed by atoms with Crippen molar-refractivity contribution in [3.8, 4) is 0 Å². The molecule has 0 spiro atoms. The Morgan fingerprint density at radius 3 is 3.00 bits per heavy atom. The van der Waals surface area contributed by atoms with Gasteiger partial charge >= 0.3 is 0 Å². The van der Waals surface area contributed by atoms with E-state index in [1.807, 2.05) is 25.1 Å². The zero-order valence-electron chi connectivity index (χ0n) is 9.93. The van der Waals surface area contributed by atoms with Crippen molar-refractivity contribution in [3.05, 3.63) is 12.3 Å². The quantitative estimate of drug-likeness (QED) is 0.786. The largest absolute Gasteiger partial charge is 0.355 e. The monoisotopic (exact) mass is 221 g/mol. The van der Waals surface area contributed by atoms with Crippen LogP contribution in [0, 0.1) is 0 Å². The van der Waals surface area contributed by atoms with Gasteiger partial charge in [0.1, 0.15) is 5.82 Å². The second-order valence-electron chi connectivity index (χ2n) is 4.46. The second kappa shape index (κ2) is 4.65. The highest BCUT2D eigenvalue weighted by Crippen LogP contribution is 2.18. The van der Waals surface area contributed by atoms with E-state index in [0.717, 1.165) is 37.7 Å². The van der Waals surface area contributed by atoms with Crippen molar-refractivity contribution in [2.45, 2.75) is 18.9 Å². The molecule has 1 aliphatic heterocycles. The molecule has 88 valence electrons. The van der Waals surface area contributed by atoms with E-state index < -0.39 is 0 Å². The van der Waals surface area contributed by atoms with Crippen LogP contribution in [0.3, 0.4) is 0 Å². The van der Waals surface area contributed by atoms with Crippen molar-refractivity contribution < 1.29 is 0 Å². The van der Waals surface area contributed by atoms with Gasteiger partial charge in [0, 0.05) is 39.4 Å². The Labute approximate surface area is 96.3 Å². The zero-order valence-corrected chi connectivity index (χ0v) is 9.93. The number of nitrogens with zero attached hydrogens (tertiary/aromatic N) is 4. The summed E-state index contributed by atoms with van der Waals surface area (Å²) >= 11 is 0. The van der Waals surface area contributed by atoms with E-state index in [1.54, 1.807) is 6.20 Å². The number of hydrogen-bond donors (Lipinski definition) is 1. The lowest BCUT2D eigenvalue weighted by Gasteiger charge is -2.31. The van der Waals surface area contributed by atoms with Crippen LogP contribution >= 0.6 is 0 Å². The first-order valence-electron chi connectivity index (χ1n) is 5.67. The summed E-state index contributed by atoms with van der Waals surface area (Å²) in [6.45, 7) is 1.93. The third-order valence-electron chi connectivity index (χ3n) is 2.81. The van der Waals surface area contributed by atoms with Gasteiger partial charge in [-0.25, -0.2) is 4.98 Å². The van der Waals surface area contributed by atoms with Gasteiger partial charge < -0.3 is 15.5 Å². The molecule has 2 rings (SSSR count). The standard InChI is InChI=1S/C11H19N5/c1-15(2)11-13-6-5-10(14-11)16-7-3-4-9(12)8-16/h5-6,9H,3-4,7-8,12H2,1-2H3/t9-/m1/s1. The van der Waals surface area contributed by atoms with Crippen molar-refractivity contribution in [1.29, 1.82) is 0 Å². The number of hydrogen-bond acceptors (Lipinski definition) is 5. The lowest BCUT2D eigenvalue weighted by Crippen LogP contribution is -2.43. The predicted octanol–water partition coefficient (Wildman–Crippen LogP) is 0.470. The average molecular weight is 221 g/mol. The first kappa shape index (κ1) is 11.1. The molecular weight excluding hydrogens is 202 g/mol. The van der Waals surface area contributed by atoms with Crippen LogP contribution in [-0.2, 0) is 0 Å². The Bertz CT molecular complexity index is 352. The normalized spacial score (nSPS) is 20.9. The van der Waals surface area contributed by atoms with Gasteiger partial charge in [-0.3, -0.25) is 0 Å². The van der Waals surface area contributed by atoms with Crippen molar-refractivity contribution in [2.75, 3.05) is 37.0 Å². The number of anilines is 2. The van der Waals surface area contributed by atoms with Gasteiger partial charge in [-0.1, -0.05) is 0 Å². The molecule has 16 heavy (non-hydrogen) atoms. The van der Waals surface area contributed by atoms with Crippen molar-refractivity contribution in [3.63, 3.8) is 0 Å². The molecule has 5 nitrogen and oxygen atoms in total. The van der Waals surface area contributed by atoms with Gasteiger partial charge in [-0.2, -0.15) is 4.98 Å². The van der Waals surface area contributed by atoms with Crippen molar-refractivity contribution >= 4 is 11.8 Å². The molecule has 0 amide bonds. The maximum atomic E-state index is 5.96. The summed E-state index contributed by atoms with van der Waals surface area (Å²) in [5, 5.41) is 0. The highest BCUT2D eigenvalue weighted by Gasteiger charge is 2.18. The molecule has 0 aromatic carbocycles. The maximum absolute atomic E-state index is 5.96. The fraction of sp³-hybridized carbons (Fsp3) is 0.636. The average Bonchev–Trinajstić information content (AvgIpc) is 2.29. The minimum absolute atomic E-state index is 0.270. The number of aromatic nitrogens is 2. The maximum Gasteiger partial charge on any atom is 0.226 e. The van der Waals surface area contributed by atoms with Crippen LogP contribution in [0.5, 0.6) is 0 Å². The van der Waals surface area contributed by atoms with Crippen molar-refractivity contribution in [2.24, 2.45) is 5.73 Å². The molecule has 1 fully saturated rings. The van der Waals surface area contributed by atoms with Gasteiger partial charge in [-0.05, 0) is 18.9 Å². The second-order valence-corrected chi connectivity index (χ2v) is 4.46. The molecule has 5 heteroatoms. The van der Waals surface area contributed by atoms with E-state index in [1.165, 1.54) is 0 Å². The smallest absolute Gasteiger partial charge is 0.226 e. The molecule has 0 unspecified atom stereocenters. The molecule has 0 saturated carbocycles. The van der Waals surface area contributed by atoms with Crippen LogP contribution < -0.4 is 15.5 Å². The van der Waals surface area contributed by atoms with Gasteiger partial charge in [0.05, 0.1) is 0 Å². The number of piperidine rings is 1. The summed E-state index contributed by atoms with van der Waals surface area (Å²) in [6, 6.07) is 2.22.